The van der Waals surface area contributed by atoms with E-state index >= 15 is 0 Å². The maximum atomic E-state index is 14.6. The number of hydrogen-bond acceptors (Lipinski definition) is 8. The van der Waals surface area contributed by atoms with Crippen LogP contribution in [0.4, 0.5) is 16.0 Å². The molecule has 1 saturated heterocycles. The molecule has 1 aliphatic carbocycles. The summed E-state index contributed by atoms with van der Waals surface area (Å²) >= 11 is 6.47. The zero-order valence-electron chi connectivity index (χ0n) is 20.7. The highest BCUT2D eigenvalue weighted by Crippen LogP contribution is 2.33. The van der Waals surface area contributed by atoms with Crippen molar-refractivity contribution in [2.75, 3.05) is 50.7 Å². The monoisotopic (exact) mass is 516 g/mol. The fourth-order valence-electron chi connectivity index (χ4n) is 4.79. The first-order valence-electron chi connectivity index (χ1n) is 12.6. The second kappa shape index (κ2) is 12.6. The normalized spacial score (nSPS) is 21.5. The van der Waals surface area contributed by atoms with Crippen LogP contribution in [0.1, 0.15) is 38.5 Å². The van der Waals surface area contributed by atoms with Crippen molar-refractivity contribution in [1.82, 2.24) is 15.3 Å². The third kappa shape index (κ3) is 6.83. The Bertz CT molecular complexity index is 1050. The number of pyridine rings is 2. The van der Waals surface area contributed by atoms with E-state index < -0.39 is 11.2 Å². The van der Waals surface area contributed by atoms with Gasteiger partial charge in [-0.3, -0.25) is 0 Å². The van der Waals surface area contributed by atoms with E-state index in [1.807, 2.05) is 6.07 Å². The first-order chi connectivity index (χ1) is 17.5. The van der Waals surface area contributed by atoms with Crippen molar-refractivity contribution in [3.8, 4) is 17.3 Å². The molecule has 2 fully saturated rings. The largest absolute Gasteiger partial charge is 0.383 e. The molecule has 8 nitrogen and oxygen atoms in total. The molecule has 2 aromatic heterocycles. The van der Waals surface area contributed by atoms with E-state index in [-0.39, 0.29) is 5.82 Å². The number of ether oxygens (including phenoxy) is 2. The minimum absolute atomic E-state index is 0.107. The SMILES string of the molecule is COCCN[C@H]1CC[C@H](Nc2cc(-c3ccc(F)c(NCC4(C#N)CCOCC4)n3)c(Cl)cn2)CC1. The van der Waals surface area contributed by atoms with E-state index in [9.17, 15) is 9.65 Å². The number of hydrogen-bond donors (Lipinski definition) is 3. The Labute approximate surface area is 216 Å². The number of aromatic nitrogens is 2. The van der Waals surface area contributed by atoms with Gasteiger partial charge in [0.05, 0.1) is 28.8 Å². The number of nitrogens with one attached hydrogen (secondary N) is 3. The van der Waals surface area contributed by atoms with Gasteiger partial charge < -0.3 is 25.4 Å². The van der Waals surface area contributed by atoms with E-state index in [1.165, 1.54) is 6.07 Å². The van der Waals surface area contributed by atoms with Crippen LogP contribution in [0, 0.1) is 22.6 Å². The Morgan fingerprint density at radius 2 is 1.97 bits per heavy atom. The molecule has 2 aliphatic rings. The molecule has 3 N–H and O–H groups in total. The Hall–Kier alpha value is -2.51. The molecule has 0 radical (unpaired) electrons. The molecule has 0 amide bonds. The summed E-state index contributed by atoms with van der Waals surface area (Å²) in [6.07, 6.45) is 7.07. The predicted octanol–water partition coefficient (Wildman–Crippen LogP) is 4.63. The third-order valence-electron chi connectivity index (χ3n) is 7.08. The lowest BCUT2D eigenvalue weighted by molar-refractivity contribution is 0.0455. The van der Waals surface area contributed by atoms with Crippen molar-refractivity contribution < 1.29 is 13.9 Å². The molecule has 0 bridgehead atoms. The summed E-state index contributed by atoms with van der Waals surface area (Å²) in [5.74, 6) is 0.352. The summed E-state index contributed by atoms with van der Waals surface area (Å²) in [6, 6.07) is 8.07. The molecular formula is C26H34ClFN6O2. The molecule has 0 spiro atoms. The van der Waals surface area contributed by atoms with Gasteiger partial charge in [-0.2, -0.15) is 5.26 Å². The fourth-order valence-corrected chi connectivity index (χ4v) is 4.99. The molecule has 3 heterocycles. The summed E-state index contributed by atoms with van der Waals surface area (Å²) < 4.78 is 25.1. The predicted molar refractivity (Wildman–Crippen MR) is 139 cm³/mol. The van der Waals surface area contributed by atoms with Gasteiger partial charge in [0, 0.05) is 57.3 Å². The maximum Gasteiger partial charge on any atom is 0.165 e. The fraction of sp³-hybridized carbons (Fsp3) is 0.577. The lowest BCUT2D eigenvalue weighted by Crippen LogP contribution is -2.38. The minimum Gasteiger partial charge on any atom is -0.383 e. The first-order valence-corrected chi connectivity index (χ1v) is 12.9. The van der Waals surface area contributed by atoms with Crippen molar-refractivity contribution in [3.63, 3.8) is 0 Å². The van der Waals surface area contributed by atoms with E-state index in [0.717, 1.165) is 44.7 Å². The van der Waals surface area contributed by atoms with Gasteiger partial charge in [-0.25, -0.2) is 14.4 Å². The van der Waals surface area contributed by atoms with Gasteiger partial charge in [0.25, 0.3) is 0 Å². The average molecular weight is 517 g/mol. The van der Waals surface area contributed by atoms with Crippen LogP contribution in [0.15, 0.2) is 24.4 Å². The highest BCUT2D eigenvalue weighted by molar-refractivity contribution is 6.33. The third-order valence-corrected chi connectivity index (χ3v) is 7.38. The van der Waals surface area contributed by atoms with Crippen molar-refractivity contribution in [3.05, 3.63) is 35.2 Å². The number of rotatable bonds is 10. The van der Waals surface area contributed by atoms with Gasteiger partial charge >= 0.3 is 0 Å². The highest BCUT2D eigenvalue weighted by Gasteiger charge is 2.33. The van der Waals surface area contributed by atoms with Gasteiger partial charge in [-0.05, 0) is 56.7 Å². The van der Waals surface area contributed by atoms with Gasteiger partial charge in [0.2, 0.25) is 0 Å². The second-order valence-corrected chi connectivity index (χ2v) is 9.98. The zero-order chi connectivity index (χ0) is 25.4. The standard InChI is InChI=1S/C26H34ClFN6O2/c1-35-13-10-30-18-2-4-19(5-3-18)33-24-14-20(21(27)15-31-24)23-7-6-22(28)25(34-23)32-17-26(16-29)8-11-36-12-9-26/h6-7,14-15,18-19,30H,2-5,8-13,17H2,1H3,(H,31,33)(H,32,34)/t18-,19-. The molecule has 10 heteroatoms. The first kappa shape index (κ1) is 26.6. The van der Waals surface area contributed by atoms with Crippen LogP contribution < -0.4 is 16.0 Å². The Kier molecular flexibility index (Phi) is 9.32. The molecule has 36 heavy (non-hydrogen) atoms. The van der Waals surface area contributed by atoms with Crippen molar-refractivity contribution in [2.45, 2.75) is 50.6 Å². The Morgan fingerprint density at radius 3 is 2.69 bits per heavy atom. The van der Waals surface area contributed by atoms with Crippen molar-refractivity contribution in [1.29, 1.82) is 5.26 Å². The van der Waals surface area contributed by atoms with Gasteiger partial charge in [0.15, 0.2) is 11.6 Å². The second-order valence-electron chi connectivity index (χ2n) is 9.57. The van der Waals surface area contributed by atoms with Crippen LogP contribution >= 0.6 is 11.6 Å². The van der Waals surface area contributed by atoms with E-state index in [0.29, 0.717) is 61.0 Å². The number of nitrogens with zero attached hydrogens (tertiary/aromatic N) is 3. The van der Waals surface area contributed by atoms with Gasteiger partial charge in [-0.1, -0.05) is 11.6 Å². The number of halogens is 2. The topological polar surface area (TPSA) is 104 Å². The molecule has 4 rings (SSSR count). The number of methoxy groups -OCH3 is 1. The zero-order valence-corrected chi connectivity index (χ0v) is 21.4. The van der Waals surface area contributed by atoms with Crippen molar-refractivity contribution >= 4 is 23.2 Å². The van der Waals surface area contributed by atoms with Crippen molar-refractivity contribution in [2.24, 2.45) is 5.41 Å². The van der Waals surface area contributed by atoms with Crippen LogP contribution in [0.5, 0.6) is 0 Å². The molecule has 194 valence electrons. The molecule has 0 atom stereocenters. The lowest BCUT2D eigenvalue weighted by Gasteiger charge is -2.31. The molecular weight excluding hydrogens is 483 g/mol. The molecule has 0 unspecified atom stereocenters. The van der Waals surface area contributed by atoms with Crippen LogP contribution in [0.25, 0.3) is 11.3 Å². The number of anilines is 2. The summed E-state index contributed by atoms with van der Waals surface area (Å²) in [5.41, 5.74) is 0.623. The smallest absolute Gasteiger partial charge is 0.165 e. The Balaban J connectivity index is 1.41. The van der Waals surface area contributed by atoms with Crippen LogP contribution in [0.2, 0.25) is 5.02 Å². The van der Waals surface area contributed by atoms with Gasteiger partial charge in [-0.15, -0.1) is 0 Å². The minimum atomic E-state index is -0.591. The molecule has 0 aromatic carbocycles. The Morgan fingerprint density at radius 1 is 1.22 bits per heavy atom. The quantitative estimate of drug-likeness (QED) is 0.393. The van der Waals surface area contributed by atoms with Crippen LogP contribution in [0.3, 0.4) is 0 Å². The van der Waals surface area contributed by atoms with Crippen LogP contribution in [-0.2, 0) is 9.47 Å². The highest BCUT2D eigenvalue weighted by atomic mass is 35.5. The van der Waals surface area contributed by atoms with Gasteiger partial charge in [0.1, 0.15) is 5.82 Å². The summed E-state index contributed by atoms with van der Waals surface area (Å²) in [7, 11) is 1.71. The molecule has 1 aliphatic heterocycles. The molecule has 1 saturated carbocycles. The molecule has 2 aromatic rings. The summed E-state index contributed by atoms with van der Waals surface area (Å²) in [5, 5.41) is 20.2. The van der Waals surface area contributed by atoms with E-state index in [4.69, 9.17) is 21.1 Å². The number of nitriles is 1. The summed E-state index contributed by atoms with van der Waals surface area (Å²) in [6.45, 7) is 2.95. The lowest BCUT2D eigenvalue weighted by atomic mass is 9.82. The van der Waals surface area contributed by atoms with E-state index in [2.05, 4.69) is 32.0 Å². The maximum absolute atomic E-state index is 14.6. The summed E-state index contributed by atoms with van der Waals surface area (Å²) in [4.78, 5) is 8.96. The van der Waals surface area contributed by atoms with E-state index in [1.54, 1.807) is 19.4 Å². The van der Waals surface area contributed by atoms with Crippen LogP contribution in [-0.4, -0.2) is 62.1 Å². The average Bonchev–Trinajstić information content (AvgIpc) is 2.91.